The Morgan fingerprint density at radius 1 is 1.40 bits per heavy atom. The van der Waals surface area contributed by atoms with E-state index in [1.807, 2.05) is 0 Å². The molecule has 0 aromatic heterocycles. The molecule has 1 aliphatic heterocycles. The number of hydrogen-bond donors (Lipinski definition) is 0. The fraction of sp³-hybridized carbons (Fsp3) is 0.500. The van der Waals surface area contributed by atoms with Crippen LogP contribution in [0.15, 0.2) is 24.3 Å². The highest BCUT2D eigenvalue weighted by molar-refractivity contribution is 7.99. The first-order valence-electron chi connectivity index (χ1n) is 6.40. The van der Waals surface area contributed by atoms with Crippen molar-refractivity contribution in [3.8, 4) is 0 Å². The predicted molar refractivity (Wildman–Crippen MR) is 73.2 cm³/mol. The van der Waals surface area contributed by atoms with E-state index in [4.69, 9.17) is 0 Å². The maximum absolute atomic E-state index is 12.8. The van der Waals surface area contributed by atoms with Gasteiger partial charge in [-0.15, -0.1) is 11.8 Å². The molecule has 0 spiro atoms. The van der Waals surface area contributed by atoms with Crippen LogP contribution in [0.2, 0.25) is 0 Å². The molecule has 20 heavy (non-hydrogen) atoms. The number of hydrogen-bond acceptors (Lipinski definition) is 2. The number of carbonyl (C=O) groups excluding carboxylic acids is 1. The molecule has 1 aromatic carbocycles. The lowest BCUT2D eigenvalue weighted by atomic mass is 10.1. The minimum Gasteiger partial charge on any atom is -0.326 e. The summed E-state index contributed by atoms with van der Waals surface area (Å²) in [4.78, 5) is 13.8. The van der Waals surface area contributed by atoms with Crippen molar-refractivity contribution < 1.29 is 18.0 Å². The van der Waals surface area contributed by atoms with Crippen molar-refractivity contribution >= 4 is 17.7 Å². The van der Waals surface area contributed by atoms with Crippen molar-refractivity contribution in [1.29, 1.82) is 0 Å². The number of amides is 1. The van der Waals surface area contributed by atoms with Crippen LogP contribution in [0.1, 0.15) is 30.3 Å². The maximum Gasteiger partial charge on any atom is 0.416 e. The van der Waals surface area contributed by atoms with Gasteiger partial charge in [0.2, 0.25) is 5.91 Å². The van der Waals surface area contributed by atoms with Gasteiger partial charge in [0.05, 0.1) is 5.56 Å². The molecule has 0 radical (unpaired) electrons. The van der Waals surface area contributed by atoms with Crippen LogP contribution in [0, 0.1) is 5.92 Å². The number of rotatable bonds is 2. The molecule has 6 heteroatoms. The van der Waals surface area contributed by atoms with Gasteiger partial charge in [0, 0.05) is 18.2 Å². The van der Waals surface area contributed by atoms with Gasteiger partial charge in [0.15, 0.2) is 0 Å². The molecule has 1 amide bonds. The number of carbonyl (C=O) groups is 1. The second kappa shape index (κ2) is 5.68. The third kappa shape index (κ3) is 3.11. The topological polar surface area (TPSA) is 20.3 Å². The molecular formula is C14H16F3NOS. The number of halogens is 3. The smallest absolute Gasteiger partial charge is 0.326 e. The van der Waals surface area contributed by atoms with E-state index in [-0.39, 0.29) is 17.2 Å². The van der Waals surface area contributed by atoms with Crippen LogP contribution in [0.3, 0.4) is 0 Å². The third-order valence-electron chi connectivity index (χ3n) is 3.17. The molecule has 1 unspecified atom stereocenters. The van der Waals surface area contributed by atoms with E-state index < -0.39 is 11.7 Å². The molecule has 2 rings (SSSR count). The monoisotopic (exact) mass is 303 g/mol. The van der Waals surface area contributed by atoms with Crippen molar-refractivity contribution in [2.75, 3.05) is 12.3 Å². The summed E-state index contributed by atoms with van der Waals surface area (Å²) >= 11 is 1.51. The van der Waals surface area contributed by atoms with Crippen LogP contribution in [-0.4, -0.2) is 23.1 Å². The molecule has 0 N–H and O–H groups in total. The summed E-state index contributed by atoms with van der Waals surface area (Å²) in [6.07, 6.45) is -4.35. The highest BCUT2D eigenvalue weighted by atomic mass is 32.2. The molecule has 110 valence electrons. The van der Waals surface area contributed by atoms with Crippen LogP contribution in [0.25, 0.3) is 0 Å². The normalized spacial score (nSPS) is 19.7. The second-order valence-corrected chi connectivity index (χ2v) is 6.22. The first-order valence-corrected chi connectivity index (χ1v) is 7.45. The number of alkyl halides is 3. The Bertz CT molecular complexity index is 501. The summed E-state index contributed by atoms with van der Waals surface area (Å²) in [5, 5.41) is -0.313. The minimum atomic E-state index is -4.35. The summed E-state index contributed by atoms with van der Waals surface area (Å²) < 4.78 is 38.3. The Morgan fingerprint density at radius 2 is 2.10 bits per heavy atom. The quantitative estimate of drug-likeness (QED) is 0.825. The van der Waals surface area contributed by atoms with Gasteiger partial charge in [-0.1, -0.05) is 26.0 Å². The molecular weight excluding hydrogens is 287 g/mol. The van der Waals surface area contributed by atoms with E-state index in [2.05, 4.69) is 0 Å². The van der Waals surface area contributed by atoms with Crippen molar-refractivity contribution in [3.05, 3.63) is 35.4 Å². The van der Waals surface area contributed by atoms with Gasteiger partial charge in [-0.05, 0) is 17.7 Å². The van der Waals surface area contributed by atoms with Gasteiger partial charge >= 0.3 is 6.18 Å². The fourth-order valence-corrected chi connectivity index (χ4v) is 3.43. The van der Waals surface area contributed by atoms with E-state index in [0.29, 0.717) is 12.1 Å². The number of nitrogens with zero attached hydrogens (tertiary/aromatic N) is 1. The molecule has 1 saturated heterocycles. The average Bonchev–Trinajstić information content (AvgIpc) is 2.86. The van der Waals surface area contributed by atoms with E-state index in [9.17, 15) is 18.0 Å². The lowest BCUT2D eigenvalue weighted by Gasteiger charge is -2.26. The van der Waals surface area contributed by atoms with Gasteiger partial charge in [-0.3, -0.25) is 4.79 Å². The van der Waals surface area contributed by atoms with Crippen LogP contribution < -0.4 is 0 Å². The molecule has 0 aliphatic carbocycles. The van der Waals surface area contributed by atoms with Gasteiger partial charge in [0.25, 0.3) is 0 Å². The Kier molecular flexibility index (Phi) is 4.32. The summed E-state index contributed by atoms with van der Waals surface area (Å²) in [5.74, 6) is 0.582. The van der Waals surface area contributed by atoms with Crippen LogP contribution in [0.4, 0.5) is 13.2 Å². The highest BCUT2D eigenvalue weighted by Crippen LogP contribution is 2.40. The van der Waals surface area contributed by atoms with Gasteiger partial charge in [0.1, 0.15) is 5.37 Å². The largest absolute Gasteiger partial charge is 0.416 e. The van der Waals surface area contributed by atoms with Crippen LogP contribution in [-0.2, 0) is 11.0 Å². The zero-order valence-corrected chi connectivity index (χ0v) is 12.1. The first-order chi connectivity index (χ1) is 9.30. The molecule has 1 atom stereocenters. The van der Waals surface area contributed by atoms with E-state index in [1.165, 1.54) is 17.8 Å². The first kappa shape index (κ1) is 15.2. The summed E-state index contributed by atoms with van der Waals surface area (Å²) in [6.45, 7) is 4.19. The molecule has 1 aliphatic rings. The lowest BCUT2D eigenvalue weighted by Crippen LogP contribution is -2.33. The van der Waals surface area contributed by atoms with Crippen LogP contribution >= 0.6 is 11.8 Å². The third-order valence-corrected chi connectivity index (χ3v) is 4.43. The Morgan fingerprint density at radius 3 is 2.70 bits per heavy atom. The minimum absolute atomic E-state index is 0.0163. The fourth-order valence-electron chi connectivity index (χ4n) is 2.17. The molecule has 0 saturated carbocycles. The van der Waals surface area contributed by atoms with Gasteiger partial charge in [-0.2, -0.15) is 13.2 Å². The molecule has 0 bridgehead atoms. The molecule has 2 nitrogen and oxygen atoms in total. The standard InChI is InChI=1S/C14H16F3NOS/c1-9(2)12(19)18-6-7-20-13(18)10-4-3-5-11(8-10)14(15,16)17/h3-5,8-9,13H,6-7H2,1-2H3. The van der Waals surface area contributed by atoms with E-state index in [0.717, 1.165) is 17.9 Å². The van der Waals surface area contributed by atoms with Crippen molar-refractivity contribution in [2.24, 2.45) is 5.92 Å². The van der Waals surface area contributed by atoms with Crippen molar-refractivity contribution in [3.63, 3.8) is 0 Å². The van der Waals surface area contributed by atoms with E-state index >= 15 is 0 Å². The number of benzene rings is 1. The SMILES string of the molecule is CC(C)C(=O)N1CCSC1c1cccc(C(F)(F)F)c1. The van der Waals surface area contributed by atoms with Gasteiger partial charge < -0.3 is 4.90 Å². The van der Waals surface area contributed by atoms with Crippen LogP contribution in [0.5, 0.6) is 0 Å². The lowest BCUT2D eigenvalue weighted by molar-refractivity contribution is -0.137. The molecule has 1 aromatic rings. The predicted octanol–water partition coefficient (Wildman–Crippen LogP) is 3.94. The molecule has 1 fully saturated rings. The van der Waals surface area contributed by atoms with E-state index in [1.54, 1.807) is 24.8 Å². The van der Waals surface area contributed by atoms with Crippen molar-refractivity contribution in [2.45, 2.75) is 25.4 Å². The Labute approximate surface area is 120 Å². The summed E-state index contributed by atoms with van der Waals surface area (Å²) in [5.41, 5.74) is -0.129. The molecule has 1 heterocycles. The highest BCUT2D eigenvalue weighted by Gasteiger charge is 2.34. The second-order valence-electron chi connectivity index (χ2n) is 5.03. The summed E-state index contributed by atoms with van der Waals surface area (Å²) in [7, 11) is 0. The Hall–Kier alpha value is -1.17. The van der Waals surface area contributed by atoms with Gasteiger partial charge in [-0.25, -0.2) is 0 Å². The Balaban J connectivity index is 2.29. The summed E-state index contributed by atoms with van der Waals surface area (Å²) in [6, 6.07) is 5.25. The van der Waals surface area contributed by atoms with Crippen molar-refractivity contribution in [1.82, 2.24) is 4.90 Å². The zero-order chi connectivity index (χ0) is 14.9. The number of thioether (sulfide) groups is 1. The average molecular weight is 303 g/mol. The zero-order valence-electron chi connectivity index (χ0n) is 11.3. The maximum atomic E-state index is 12.8.